The molecule has 0 spiro atoms. The summed E-state index contributed by atoms with van der Waals surface area (Å²) in [6.45, 7) is 0. The maximum atomic E-state index is 8.59. The van der Waals surface area contributed by atoms with Crippen molar-refractivity contribution in [3.8, 4) is 12.1 Å². The van der Waals surface area contributed by atoms with Gasteiger partial charge in [0.05, 0.1) is 29.5 Å². The molecule has 4 heteroatoms. The van der Waals surface area contributed by atoms with E-state index in [0.717, 1.165) is 0 Å². The molecule has 0 aliphatic heterocycles. The third kappa shape index (κ3) is 1.23. The lowest BCUT2D eigenvalue weighted by atomic mass is 9.87. The topological polar surface area (TPSA) is 95.3 Å². The molecule has 58 valence electrons. The summed E-state index contributed by atoms with van der Waals surface area (Å²) in [6.07, 6.45) is 1.48. The van der Waals surface area contributed by atoms with Gasteiger partial charge in [0, 0.05) is 12.0 Å². The van der Waals surface area contributed by atoms with Gasteiger partial charge in [-0.2, -0.15) is 10.5 Å². The number of nitriles is 2. The number of hydrogen-bond donors (Lipinski definition) is 2. The largest absolute Gasteiger partial charge is 0.303 e. The Morgan fingerprint density at radius 1 is 1.42 bits per heavy atom. The first-order valence-corrected chi connectivity index (χ1v) is 3.36. The lowest BCUT2D eigenvalue weighted by molar-refractivity contribution is 0.835. The Morgan fingerprint density at radius 3 is 2.58 bits per heavy atom. The van der Waals surface area contributed by atoms with Crippen molar-refractivity contribution in [1.29, 1.82) is 21.3 Å². The highest BCUT2D eigenvalue weighted by Gasteiger charge is 2.22. The van der Waals surface area contributed by atoms with Crippen molar-refractivity contribution in [3.63, 3.8) is 0 Å². The molecule has 1 unspecified atom stereocenters. The number of allylic oxidation sites excluding steroid dienone is 2. The van der Waals surface area contributed by atoms with Crippen molar-refractivity contribution >= 4 is 11.4 Å². The summed E-state index contributed by atoms with van der Waals surface area (Å²) in [5, 5.41) is 31.6. The maximum Gasteiger partial charge on any atom is 0.0962 e. The lowest BCUT2D eigenvalue weighted by Gasteiger charge is -2.13. The van der Waals surface area contributed by atoms with Crippen molar-refractivity contribution in [2.24, 2.45) is 5.92 Å². The fraction of sp³-hybridized carbons (Fsp3) is 0.250. The zero-order valence-corrected chi connectivity index (χ0v) is 6.26. The predicted octanol–water partition coefficient (Wildman–Crippen LogP) is 1.02. The van der Waals surface area contributed by atoms with Crippen LogP contribution in [0.4, 0.5) is 0 Å². The van der Waals surface area contributed by atoms with Crippen molar-refractivity contribution in [3.05, 3.63) is 11.6 Å². The molecule has 2 N–H and O–H groups in total. The standard InChI is InChI=1S/C8H6N4/c9-3-5-1-7(11)8(12)2-6(5)4-10/h1,6,11-12H,2H2. The normalized spacial score (nSPS) is 22.5. The Bertz CT molecular complexity index is 350. The van der Waals surface area contributed by atoms with Gasteiger partial charge in [0.25, 0.3) is 0 Å². The minimum absolute atomic E-state index is 0.0399. The van der Waals surface area contributed by atoms with Gasteiger partial charge in [-0.25, -0.2) is 0 Å². The number of rotatable bonds is 0. The van der Waals surface area contributed by atoms with Crippen LogP contribution in [0.15, 0.2) is 11.6 Å². The summed E-state index contributed by atoms with van der Waals surface area (Å²) in [5.41, 5.74) is 0.456. The third-order valence-electron chi connectivity index (χ3n) is 1.69. The number of hydrogen-bond acceptors (Lipinski definition) is 4. The Kier molecular flexibility index (Phi) is 2.02. The van der Waals surface area contributed by atoms with Crippen LogP contribution in [-0.2, 0) is 0 Å². The predicted molar refractivity (Wildman–Crippen MR) is 42.9 cm³/mol. The highest BCUT2D eigenvalue weighted by atomic mass is 14.5. The van der Waals surface area contributed by atoms with Crippen LogP contribution in [-0.4, -0.2) is 11.4 Å². The van der Waals surface area contributed by atoms with Crippen LogP contribution in [0.3, 0.4) is 0 Å². The molecule has 0 heterocycles. The highest BCUT2D eigenvalue weighted by molar-refractivity contribution is 6.45. The molecule has 1 rings (SSSR count). The van der Waals surface area contributed by atoms with E-state index >= 15 is 0 Å². The number of nitrogens with one attached hydrogen (secondary N) is 2. The molecule has 0 aromatic carbocycles. The minimum atomic E-state index is -0.531. The van der Waals surface area contributed by atoms with E-state index in [4.69, 9.17) is 21.3 Å². The summed E-state index contributed by atoms with van der Waals surface area (Å²) >= 11 is 0. The van der Waals surface area contributed by atoms with Crippen molar-refractivity contribution in [2.45, 2.75) is 6.42 Å². The van der Waals surface area contributed by atoms with Gasteiger partial charge in [-0.1, -0.05) is 0 Å². The Labute approximate surface area is 69.8 Å². The molecule has 0 fully saturated rings. The monoisotopic (exact) mass is 158 g/mol. The molecule has 1 aliphatic carbocycles. The molecule has 0 saturated heterocycles. The molecule has 1 atom stereocenters. The van der Waals surface area contributed by atoms with E-state index in [1.54, 1.807) is 0 Å². The summed E-state index contributed by atoms with van der Waals surface area (Å²) in [5.74, 6) is -0.531. The zero-order chi connectivity index (χ0) is 9.14. The van der Waals surface area contributed by atoms with Gasteiger partial charge in [-0.05, 0) is 6.08 Å². The lowest BCUT2D eigenvalue weighted by Crippen LogP contribution is -2.21. The molecule has 1 aliphatic rings. The van der Waals surface area contributed by atoms with Gasteiger partial charge in [0.2, 0.25) is 0 Å². The molecule has 0 amide bonds. The zero-order valence-electron chi connectivity index (χ0n) is 6.26. The maximum absolute atomic E-state index is 8.59. The van der Waals surface area contributed by atoms with E-state index in [1.807, 2.05) is 12.1 Å². The summed E-state index contributed by atoms with van der Waals surface area (Å²) < 4.78 is 0. The Balaban J connectivity index is 3.07. The first-order valence-electron chi connectivity index (χ1n) is 3.36. The average Bonchev–Trinajstić information content (AvgIpc) is 2.09. The van der Waals surface area contributed by atoms with Gasteiger partial charge in [-0.3, -0.25) is 5.41 Å². The quantitative estimate of drug-likeness (QED) is 0.550. The van der Waals surface area contributed by atoms with E-state index in [9.17, 15) is 0 Å². The molecule has 0 bridgehead atoms. The van der Waals surface area contributed by atoms with Gasteiger partial charge in [0.15, 0.2) is 0 Å². The third-order valence-corrected chi connectivity index (χ3v) is 1.69. The molecular weight excluding hydrogens is 152 g/mol. The van der Waals surface area contributed by atoms with Crippen LogP contribution in [0, 0.1) is 39.4 Å². The van der Waals surface area contributed by atoms with Crippen LogP contribution in [0.2, 0.25) is 0 Å². The van der Waals surface area contributed by atoms with E-state index in [1.165, 1.54) is 6.08 Å². The van der Waals surface area contributed by atoms with E-state index in [-0.39, 0.29) is 17.8 Å². The molecule has 0 aromatic heterocycles. The molecule has 0 aromatic rings. The second-order valence-corrected chi connectivity index (χ2v) is 2.49. The summed E-state index contributed by atoms with van der Waals surface area (Å²) in [4.78, 5) is 0. The van der Waals surface area contributed by atoms with Crippen LogP contribution >= 0.6 is 0 Å². The SMILES string of the molecule is N#CC1=CC(=N)C(=N)CC1C#N. The average molecular weight is 158 g/mol. The second kappa shape index (κ2) is 2.98. The van der Waals surface area contributed by atoms with Gasteiger partial charge in [0.1, 0.15) is 0 Å². The van der Waals surface area contributed by atoms with Gasteiger partial charge in [-0.15, -0.1) is 0 Å². The van der Waals surface area contributed by atoms with Gasteiger partial charge < -0.3 is 5.41 Å². The first kappa shape index (κ1) is 8.16. The van der Waals surface area contributed by atoms with Crippen molar-refractivity contribution in [1.82, 2.24) is 0 Å². The van der Waals surface area contributed by atoms with E-state index in [0.29, 0.717) is 5.57 Å². The fourth-order valence-corrected chi connectivity index (χ4v) is 0.993. The fourth-order valence-electron chi connectivity index (χ4n) is 0.993. The second-order valence-electron chi connectivity index (χ2n) is 2.49. The van der Waals surface area contributed by atoms with Crippen LogP contribution < -0.4 is 0 Å². The molecule has 0 radical (unpaired) electrons. The van der Waals surface area contributed by atoms with E-state index in [2.05, 4.69) is 0 Å². The highest BCUT2D eigenvalue weighted by Crippen LogP contribution is 2.19. The molecule has 4 nitrogen and oxygen atoms in total. The van der Waals surface area contributed by atoms with Crippen LogP contribution in [0.1, 0.15) is 6.42 Å². The summed E-state index contributed by atoms with van der Waals surface area (Å²) in [7, 11) is 0. The van der Waals surface area contributed by atoms with Crippen LogP contribution in [0.5, 0.6) is 0 Å². The molecule has 0 saturated carbocycles. The molecule has 12 heavy (non-hydrogen) atoms. The Hall–Kier alpha value is -1.94. The Morgan fingerprint density at radius 2 is 2.08 bits per heavy atom. The first-order chi connectivity index (χ1) is 5.69. The van der Waals surface area contributed by atoms with Gasteiger partial charge >= 0.3 is 0 Å². The molecular formula is C8H6N4. The summed E-state index contributed by atoms with van der Waals surface area (Å²) in [6, 6.07) is 3.78. The van der Waals surface area contributed by atoms with Crippen LogP contribution in [0.25, 0.3) is 0 Å². The number of nitrogens with zero attached hydrogens (tertiary/aromatic N) is 2. The van der Waals surface area contributed by atoms with E-state index < -0.39 is 5.92 Å². The smallest absolute Gasteiger partial charge is 0.0962 e. The van der Waals surface area contributed by atoms with Crippen molar-refractivity contribution < 1.29 is 0 Å². The van der Waals surface area contributed by atoms with Crippen molar-refractivity contribution in [2.75, 3.05) is 0 Å². The minimum Gasteiger partial charge on any atom is -0.303 e.